The van der Waals surface area contributed by atoms with Gasteiger partial charge in [-0.25, -0.2) is 8.42 Å². The normalized spacial score (nSPS) is 16.6. The smallest absolute Gasteiger partial charge is 0.406 e. The SMILES string of the molecule is CCOC(=O)CN(CC(F)(F)F)C(=O)c1ccc2c(c1)CC(C)N2S(C)(=O)=O. The third-order valence-corrected chi connectivity index (χ3v) is 5.39. The van der Waals surface area contributed by atoms with Crippen molar-refractivity contribution in [2.75, 3.05) is 30.3 Å². The highest BCUT2D eigenvalue weighted by molar-refractivity contribution is 7.92. The predicted octanol–water partition coefficient (Wildman–Crippen LogP) is 1.96. The van der Waals surface area contributed by atoms with Crippen LogP contribution in [-0.4, -0.2) is 63.4 Å². The van der Waals surface area contributed by atoms with E-state index in [4.69, 9.17) is 0 Å². The number of carbonyl (C=O) groups is 2. The van der Waals surface area contributed by atoms with Crippen LogP contribution in [0.25, 0.3) is 0 Å². The molecule has 0 aliphatic carbocycles. The van der Waals surface area contributed by atoms with Crippen LogP contribution in [-0.2, 0) is 26.0 Å². The summed E-state index contributed by atoms with van der Waals surface area (Å²) in [5.41, 5.74) is 0.862. The number of anilines is 1. The van der Waals surface area contributed by atoms with Gasteiger partial charge in [0.25, 0.3) is 5.91 Å². The molecule has 0 N–H and O–H groups in total. The molecule has 2 rings (SSSR count). The van der Waals surface area contributed by atoms with Gasteiger partial charge in [0.1, 0.15) is 13.1 Å². The summed E-state index contributed by atoms with van der Waals surface area (Å²) < 4.78 is 68.3. The van der Waals surface area contributed by atoms with E-state index in [1.807, 2.05) is 0 Å². The van der Waals surface area contributed by atoms with Crippen LogP contribution in [0.2, 0.25) is 0 Å². The first-order valence-electron chi connectivity index (χ1n) is 8.47. The third kappa shape index (κ3) is 5.15. The first-order valence-corrected chi connectivity index (χ1v) is 10.3. The standard InChI is InChI=1S/C17H21F3N2O5S/c1-4-27-15(23)9-21(10-17(18,19)20)16(24)12-5-6-14-13(8-12)7-11(2)22(14)28(3,25)26/h5-6,8,11H,4,7,9-10H2,1-3H3. The Hall–Kier alpha value is -2.30. The van der Waals surface area contributed by atoms with Crippen molar-refractivity contribution in [2.45, 2.75) is 32.5 Å². The van der Waals surface area contributed by atoms with E-state index in [0.29, 0.717) is 22.6 Å². The molecule has 0 radical (unpaired) electrons. The third-order valence-electron chi connectivity index (χ3n) is 4.12. The number of hydrogen-bond acceptors (Lipinski definition) is 5. The van der Waals surface area contributed by atoms with Crippen molar-refractivity contribution in [3.63, 3.8) is 0 Å². The van der Waals surface area contributed by atoms with Gasteiger partial charge in [0, 0.05) is 11.6 Å². The fraction of sp³-hybridized carbons (Fsp3) is 0.529. The van der Waals surface area contributed by atoms with Gasteiger partial charge in [-0.1, -0.05) is 0 Å². The lowest BCUT2D eigenvalue weighted by molar-refractivity contribution is -0.153. The minimum Gasteiger partial charge on any atom is -0.465 e. The first kappa shape index (κ1) is 22.0. The monoisotopic (exact) mass is 422 g/mol. The van der Waals surface area contributed by atoms with Gasteiger partial charge in [-0.15, -0.1) is 0 Å². The van der Waals surface area contributed by atoms with Gasteiger partial charge >= 0.3 is 12.1 Å². The molecule has 1 aliphatic rings. The summed E-state index contributed by atoms with van der Waals surface area (Å²) in [6.07, 6.45) is -3.32. The van der Waals surface area contributed by atoms with Crippen molar-refractivity contribution in [3.8, 4) is 0 Å². The Morgan fingerprint density at radius 1 is 1.32 bits per heavy atom. The molecule has 1 aromatic carbocycles. The van der Waals surface area contributed by atoms with E-state index in [1.165, 1.54) is 29.4 Å². The first-order chi connectivity index (χ1) is 12.8. The molecule has 11 heteroatoms. The summed E-state index contributed by atoms with van der Waals surface area (Å²) in [5.74, 6) is -1.93. The molecule has 7 nitrogen and oxygen atoms in total. The zero-order valence-corrected chi connectivity index (χ0v) is 16.4. The maximum Gasteiger partial charge on any atom is 0.406 e. The van der Waals surface area contributed by atoms with Gasteiger partial charge in [-0.2, -0.15) is 13.2 Å². The molecule has 1 aromatic rings. The Morgan fingerprint density at radius 3 is 2.50 bits per heavy atom. The Balaban J connectivity index is 2.33. The number of carbonyl (C=O) groups excluding carboxylic acids is 2. The lowest BCUT2D eigenvalue weighted by Crippen LogP contribution is -2.42. The molecule has 0 saturated heterocycles. The van der Waals surface area contributed by atoms with E-state index in [-0.39, 0.29) is 18.2 Å². The molecule has 1 atom stereocenters. The Morgan fingerprint density at radius 2 is 1.96 bits per heavy atom. The van der Waals surface area contributed by atoms with Gasteiger partial charge in [-0.3, -0.25) is 13.9 Å². The summed E-state index contributed by atoms with van der Waals surface area (Å²) in [5, 5.41) is 0. The van der Waals surface area contributed by atoms with Crippen LogP contribution in [0.1, 0.15) is 29.8 Å². The number of benzene rings is 1. The van der Waals surface area contributed by atoms with Crippen LogP contribution < -0.4 is 4.31 Å². The quantitative estimate of drug-likeness (QED) is 0.655. The molecule has 1 amide bonds. The number of fused-ring (bicyclic) bond motifs is 1. The van der Waals surface area contributed by atoms with Gasteiger partial charge in [0.2, 0.25) is 10.0 Å². The summed E-state index contributed by atoms with van der Waals surface area (Å²) in [6.45, 7) is 0.732. The number of halogens is 3. The van der Waals surface area contributed by atoms with E-state index in [9.17, 15) is 31.2 Å². The molecule has 0 saturated carbocycles. The largest absolute Gasteiger partial charge is 0.465 e. The molecule has 0 bridgehead atoms. The fourth-order valence-electron chi connectivity index (χ4n) is 3.20. The molecule has 0 aromatic heterocycles. The summed E-state index contributed by atoms with van der Waals surface area (Å²) in [4.78, 5) is 24.6. The number of nitrogens with zero attached hydrogens (tertiary/aromatic N) is 2. The van der Waals surface area contributed by atoms with Crippen LogP contribution >= 0.6 is 0 Å². The Labute approximate surface area is 161 Å². The van der Waals surface area contributed by atoms with E-state index in [1.54, 1.807) is 6.92 Å². The van der Waals surface area contributed by atoms with E-state index < -0.39 is 41.2 Å². The van der Waals surface area contributed by atoms with Crippen molar-refractivity contribution in [1.29, 1.82) is 0 Å². The fourth-order valence-corrected chi connectivity index (χ4v) is 4.47. The van der Waals surface area contributed by atoms with Gasteiger partial charge in [0.15, 0.2) is 0 Å². The summed E-state index contributed by atoms with van der Waals surface area (Å²) in [7, 11) is -3.53. The minimum absolute atomic E-state index is 0.0229. The number of rotatable bonds is 6. The number of amides is 1. The maximum absolute atomic E-state index is 12.9. The average Bonchev–Trinajstić information content (AvgIpc) is 2.87. The second kappa shape index (κ2) is 7.98. The number of esters is 1. The Kier molecular flexibility index (Phi) is 6.27. The van der Waals surface area contributed by atoms with Crippen molar-refractivity contribution >= 4 is 27.6 Å². The van der Waals surface area contributed by atoms with Gasteiger partial charge in [0.05, 0.1) is 18.6 Å². The number of hydrogen-bond donors (Lipinski definition) is 0. The minimum atomic E-state index is -4.69. The van der Waals surface area contributed by atoms with E-state index in [0.717, 1.165) is 6.26 Å². The predicted molar refractivity (Wildman–Crippen MR) is 95.5 cm³/mol. The molecular formula is C17H21F3N2O5S. The summed E-state index contributed by atoms with van der Waals surface area (Å²) >= 11 is 0. The maximum atomic E-state index is 12.9. The number of sulfonamides is 1. The topological polar surface area (TPSA) is 84.0 Å². The molecule has 28 heavy (non-hydrogen) atoms. The molecule has 0 fully saturated rings. The molecule has 0 spiro atoms. The van der Waals surface area contributed by atoms with Crippen LogP contribution in [0.3, 0.4) is 0 Å². The van der Waals surface area contributed by atoms with Crippen molar-refractivity contribution in [1.82, 2.24) is 4.90 Å². The van der Waals surface area contributed by atoms with Crippen LogP contribution in [0, 0.1) is 0 Å². The highest BCUT2D eigenvalue weighted by Gasteiger charge is 2.36. The number of alkyl halides is 3. The Bertz CT molecular complexity index is 870. The second-order valence-electron chi connectivity index (χ2n) is 6.54. The van der Waals surface area contributed by atoms with E-state index in [2.05, 4.69) is 4.74 Å². The van der Waals surface area contributed by atoms with Crippen molar-refractivity contribution in [3.05, 3.63) is 29.3 Å². The van der Waals surface area contributed by atoms with E-state index >= 15 is 0 Å². The van der Waals surface area contributed by atoms with Gasteiger partial charge in [-0.05, 0) is 44.0 Å². The highest BCUT2D eigenvalue weighted by Crippen LogP contribution is 2.35. The molecule has 156 valence electrons. The van der Waals surface area contributed by atoms with Crippen LogP contribution in [0.15, 0.2) is 18.2 Å². The van der Waals surface area contributed by atoms with Crippen LogP contribution in [0.4, 0.5) is 18.9 Å². The van der Waals surface area contributed by atoms with Crippen molar-refractivity contribution in [2.24, 2.45) is 0 Å². The number of ether oxygens (including phenoxy) is 1. The zero-order valence-electron chi connectivity index (χ0n) is 15.6. The average molecular weight is 422 g/mol. The second-order valence-corrected chi connectivity index (χ2v) is 8.40. The molecule has 1 heterocycles. The van der Waals surface area contributed by atoms with Crippen molar-refractivity contribution < 1.29 is 35.9 Å². The molecular weight excluding hydrogens is 401 g/mol. The molecule has 1 unspecified atom stereocenters. The highest BCUT2D eigenvalue weighted by atomic mass is 32.2. The lowest BCUT2D eigenvalue weighted by atomic mass is 10.1. The van der Waals surface area contributed by atoms with Crippen LogP contribution in [0.5, 0.6) is 0 Å². The summed E-state index contributed by atoms with van der Waals surface area (Å²) in [6, 6.07) is 3.64. The lowest BCUT2D eigenvalue weighted by Gasteiger charge is -2.24. The zero-order chi connectivity index (χ0) is 21.3. The van der Waals surface area contributed by atoms with Gasteiger partial charge < -0.3 is 9.64 Å². The molecule has 1 aliphatic heterocycles.